The maximum absolute atomic E-state index is 11.8. The van der Waals surface area contributed by atoms with Crippen LogP contribution in [0.2, 0.25) is 0 Å². The number of carboxylic acid groups (broad SMARTS) is 1. The summed E-state index contributed by atoms with van der Waals surface area (Å²) < 4.78 is 0. The minimum absolute atomic E-state index is 0.0547. The highest BCUT2D eigenvalue weighted by molar-refractivity contribution is 5.94. The molecule has 0 fully saturated rings. The standard InChI is InChI=1S/C13H21N3O4/c1-4-16(7-5-6-14)12(20)15-10(17)8-13(2,3)9-11(18)19/h4-5,7-9H2,1-3H3,(H,18,19)(H,15,17,20). The molecule has 0 unspecified atom stereocenters. The van der Waals surface area contributed by atoms with E-state index in [2.05, 4.69) is 5.32 Å². The average Bonchev–Trinajstić information content (AvgIpc) is 2.26. The number of nitrogens with zero attached hydrogens (tertiary/aromatic N) is 2. The van der Waals surface area contributed by atoms with Crippen molar-refractivity contribution in [3.05, 3.63) is 0 Å². The first-order valence-corrected chi connectivity index (χ1v) is 6.39. The van der Waals surface area contributed by atoms with Gasteiger partial charge in [-0.05, 0) is 12.3 Å². The van der Waals surface area contributed by atoms with Crippen LogP contribution in [0.1, 0.15) is 40.0 Å². The van der Waals surface area contributed by atoms with Gasteiger partial charge < -0.3 is 10.0 Å². The Kier molecular flexibility index (Phi) is 7.29. The van der Waals surface area contributed by atoms with E-state index in [0.29, 0.717) is 6.54 Å². The predicted molar refractivity (Wildman–Crippen MR) is 71.7 cm³/mol. The van der Waals surface area contributed by atoms with Crippen molar-refractivity contribution in [2.45, 2.75) is 40.0 Å². The van der Waals surface area contributed by atoms with Crippen LogP contribution in [-0.2, 0) is 9.59 Å². The van der Waals surface area contributed by atoms with Crippen LogP contribution in [0, 0.1) is 16.7 Å². The van der Waals surface area contributed by atoms with Crippen LogP contribution in [-0.4, -0.2) is 41.0 Å². The monoisotopic (exact) mass is 283 g/mol. The molecule has 0 saturated carbocycles. The van der Waals surface area contributed by atoms with Gasteiger partial charge in [-0.1, -0.05) is 13.8 Å². The van der Waals surface area contributed by atoms with Crippen LogP contribution in [0.15, 0.2) is 0 Å². The van der Waals surface area contributed by atoms with Gasteiger partial charge in [0.15, 0.2) is 0 Å². The Bertz CT molecular complexity index is 412. The molecular formula is C13H21N3O4. The van der Waals surface area contributed by atoms with Crippen LogP contribution in [0.4, 0.5) is 4.79 Å². The third-order valence-electron chi connectivity index (χ3n) is 2.68. The lowest BCUT2D eigenvalue weighted by molar-refractivity contribution is -0.139. The van der Waals surface area contributed by atoms with Gasteiger partial charge in [0.25, 0.3) is 0 Å². The Morgan fingerprint density at radius 2 is 1.90 bits per heavy atom. The Balaban J connectivity index is 4.41. The SMILES string of the molecule is CCN(CCC#N)C(=O)NC(=O)CC(C)(C)CC(=O)O. The number of carbonyl (C=O) groups is 3. The van der Waals surface area contributed by atoms with E-state index >= 15 is 0 Å². The predicted octanol–water partition coefficient (Wildman–Crippen LogP) is 1.35. The third kappa shape index (κ3) is 7.36. The molecule has 0 aromatic carbocycles. The number of nitrogens with one attached hydrogen (secondary N) is 1. The van der Waals surface area contributed by atoms with Gasteiger partial charge in [-0.25, -0.2) is 4.79 Å². The molecule has 0 heterocycles. The number of nitriles is 1. The highest BCUT2D eigenvalue weighted by Crippen LogP contribution is 2.24. The first kappa shape index (κ1) is 17.9. The maximum Gasteiger partial charge on any atom is 0.324 e. The Morgan fingerprint density at radius 3 is 2.35 bits per heavy atom. The van der Waals surface area contributed by atoms with Gasteiger partial charge in [0.1, 0.15) is 0 Å². The summed E-state index contributed by atoms with van der Waals surface area (Å²) in [6.07, 6.45) is -0.0126. The van der Waals surface area contributed by atoms with Crippen molar-refractivity contribution >= 4 is 17.9 Å². The minimum atomic E-state index is -0.988. The second kappa shape index (κ2) is 8.15. The van der Waals surface area contributed by atoms with Crippen molar-refractivity contribution in [2.24, 2.45) is 5.41 Å². The van der Waals surface area contributed by atoms with Gasteiger partial charge in [-0.2, -0.15) is 5.26 Å². The summed E-state index contributed by atoms with van der Waals surface area (Å²) in [7, 11) is 0. The zero-order valence-corrected chi connectivity index (χ0v) is 12.1. The summed E-state index contributed by atoms with van der Waals surface area (Å²) in [6, 6.07) is 1.37. The molecule has 0 spiro atoms. The summed E-state index contributed by atoms with van der Waals surface area (Å²) in [4.78, 5) is 35.5. The van der Waals surface area contributed by atoms with E-state index < -0.39 is 23.3 Å². The molecule has 0 rings (SSSR count). The van der Waals surface area contributed by atoms with E-state index in [1.54, 1.807) is 20.8 Å². The van der Waals surface area contributed by atoms with Crippen LogP contribution in [0.5, 0.6) is 0 Å². The lowest BCUT2D eigenvalue weighted by Crippen LogP contribution is -2.44. The summed E-state index contributed by atoms with van der Waals surface area (Å²) >= 11 is 0. The van der Waals surface area contributed by atoms with E-state index in [9.17, 15) is 14.4 Å². The normalized spacial score (nSPS) is 10.5. The molecule has 0 saturated heterocycles. The second-order valence-corrected chi connectivity index (χ2v) is 5.25. The van der Waals surface area contributed by atoms with Gasteiger partial charge in [0, 0.05) is 19.5 Å². The molecule has 0 aliphatic heterocycles. The smallest absolute Gasteiger partial charge is 0.324 e. The first-order valence-electron chi connectivity index (χ1n) is 6.39. The number of rotatable bonds is 7. The second-order valence-electron chi connectivity index (χ2n) is 5.25. The number of imide groups is 1. The van der Waals surface area contributed by atoms with Crippen LogP contribution in [0.3, 0.4) is 0 Å². The molecule has 0 aliphatic rings. The van der Waals surface area contributed by atoms with E-state index in [-0.39, 0.29) is 25.8 Å². The third-order valence-corrected chi connectivity index (χ3v) is 2.68. The topological polar surface area (TPSA) is 111 Å². The Hall–Kier alpha value is -2.10. The van der Waals surface area contributed by atoms with Crippen molar-refractivity contribution in [1.29, 1.82) is 5.26 Å². The number of amides is 3. The number of carbonyl (C=O) groups excluding carboxylic acids is 2. The molecule has 20 heavy (non-hydrogen) atoms. The zero-order valence-electron chi connectivity index (χ0n) is 12.1. The molecule has 0 radical (unpaired) electrons. The van der Waals surface area contributed by atoms with Gasteiger partial charge in [0.2, 0.25) is 5.91 Å². The highest BCUT2D eigenvalue weighted by atomic mass is 16.4. The van der Waals surface area contributed by atoms with Gasteiger partial charge >= 0.3 is 12.0 Å². The maximum atomic E-state index is 11.8. The number of hydrogen-bond donors (Lipinski definition) is 2. The number of hydrogen-bond acceptors (Lipinski definition) is 4. The van der Waals surface area contributed by atoms with Crippen LogP contribution < -0.4 is 5.32 Å². The van der Waals surface area contributed by atoms with Gasteiger partial charge in [-0.15, -0.1) is 0 Å². The van der Waals surface area contributed by atoms with Crippen molar-refractivity contribution in [1.82, 2.24) is 10.2 Å². The fourth-order valence-electron chi connectivity index (χ4n) is 1.74. The zero-order chi connectivity index (χ0) is 15.8. The van der Waals surface area contributed by atoms with Gasteiger partial charge in [-0.3, -0.25) is 14.9 Å². The van der Waals surface area contributed by atoms with E-state index in [1.165, 1.54) is 4.90 Å². The minimum Gasteiger partial charge on any atom is -0.481 e. The number of urea groups is 1. The molecule has 7 heteroatoms. The van der Waals surface area contributed by atoms with Crippen molar-refractivity contribution in [2.75, 3.05) is 13.1 Å². The quantitative estimate of drug-likeness (QED) is 0.732. The molecule has 3 amide bonds. The molecule has 0 aromatic heterocycles. The van der Waals surface area contributed by atoms with Crippen molar-refractivity contribution < 1.29 is 19.5 Å². The van der Waals surface area contributed by atoms with Crippen molar-refractivity contribution in [3.8, 4) is 6.07 Å². The molecule has 0 aliphatic carbocycles. The molecule has 7 nitrogen and oxygen atoms in total. The fraction of sp³-hybridized carbons (Fsp3) is 0.692. The average molecular weight is 283 g/mol. The number of carboxylic acids is 1. The molecular weight excluding hydrogens is 262 g/mol. The summed E-state index contributed by atoms with van der Waals surface area (Å²) in [5.41, 5.74) is -0.722. The van der Waals surface area contributed by atoms with E-state index in [4.69, 9.17) is 10.4 Å². The lowest BCUT2D eigenvalue weighted by Gasteiger charge is -2.23. The number of aliphatic carboxylic acids is 1. The lowest BCUT2D eigenvalue weighted by atomic mass is 9.85. The molecule has 0 atom stereocenters. The summed E-state index contributed by atoms with van der Waals surface area (Å²) in [6.45, 7) is 5.69. The van der Waals surface area contributed by atoms with Crippen LogP contribution in [0.25, 0.3) is 0 Å². The van der Waals surface area contributed by atoms with E-state index in [0.717, 1.165) is 0 Å². The molecule has 0 aromatic rings. The molecule has 2 N–H and O–H groups in total. The summed E-state index contributed by atoms with van der Waals surface area (Å²) in [5.74, 6) is -1.50. The summed E-state index contributed by atoms with van der Waals surface area (Å²) in [5, 5.41) is 19.4. The van der Waals surface area contributed by atoms with Crippen LogP contribution >= 0.6 is 0 Å². The fourth-order valence-corrected chi connectivity index (χ4v) is 1.74. The van der Waals surface area contributed by atoms with E-state index in [1.807, 2.05) is 6.07 Å². The Labute approximate surface area is 118 Å². The van der Waals surface area contributed by atoms with Crippen molar-refractivity contribution in [3.63, 3.8) is 0 Å². The Morgan fingerprint density at radius 1 is 1.30 bits per heavy atom. The first-order chi connectivity index (χ1) is 9.21. The highest BCUT2D eigenvalue weighted by Gasteiger charge is 2.26. The molecule has 112 valence electrons. The molecule has 0 bridgehead atoms. The van der Waals surface area contributed by atoms with Gasteiger partial charge in [0.05, 0.1) is 18.9 Å². The largest absolute Gasteiger partial charge is 0.481 e.